The summed E-state index contributed by atoms with van der Waals surface area (Å²) in [4.78, 5) is 28.0. The van der Waals surface area contributed by atoms with Crippen molar-refractivity contribution in [2.45, 2.75) is 25.7 Å². The molecule has 1 aromatic carbocycles. The van der Waals surface area contributed by atoms with Crippen molar-refractivity contribution in [3.63, 3.8) is 0 Å². The number of nitrogens with one attached hydrogen (secondary N) is 1. The second-order valence-corrected chi connectivity index (χ2v) is 6.44. The molecular formula is C17H18N2O3S. The highest BCUT2D eigenvalue weighted by molar-refractivity contribution is 7.14. The molecule has 3 rings (SSSR count). The summed E-state index contributed by atoms with van der Waals surface area (Å²) in [5, 5.41) is 5.43. The van der Waals surface area contributed by atoms with Crippen molar-refractivity contribution >= 4 is 28.3 Å². The molecule has 1 saturated carbocycles. The first kappa shape index (κ1) is 15.7. The average molecular weight is 330 g/mol. The summed E-state index contributed by atoms with van der Waals surface area (Å²) in [5.74, 6) is -0.162. The van der Waals surface area contributed by atoms with Crippen LogP contribution in [0.3, 0.4) is 0 Å². The quantitative estimate of drug-likeness (QED) is 0.867. The number of hydrogen-bond acceptors (Lipinski definition) is 5. The molecule has 0 bridgehead atoms. The van der Waals surface area contributed by atoms with Crippen LogP contribution in [-0.2, 0) is 9.53 Å². The molecule has 1 aliphatic rings. The standard InChI is InChI=1S/C17H18N2O3S/c1-22-16(21)13-8-6-11(7-9-13)14-10-23-17(18-14)19-15(20)12-4-2-3-5-12/h6-10,12H,2-5H2,1H3,(H,18,19,20). The Kier molecular flexibility index (Phi) is 4.71. The smallest absolute Gasteiger partial charge is 0.337 e. The SMILES string of the molecule is COC(=O)c1ccc(-c2csc(NC(=O)C3CCCC3)n2)cc1. The Balaban J connectivity index is 1.68. The van der Waals surface area contributed by atoms with E-state index in [1.165, 1.54) is 18.4 Å². The Morgan fingerprint density at radius 3 is 2.57 bits per heavy atom. The van der Waals surface area contributed by atoms with E-state index in [1.54, 1.807) is 12.1 Å². The number of methoxy groups -OCH3 is 1. The highest BCUT2D eigenvalue weighted by Gasteiger charge is 2.23. The van der Waals surface area contributed by atoms with Crippen molar-refractivity contribution in [1.82, 2.24) is 4.98 Å². The molecule has 0 spiro atoms. The van der Waals surface area contributed by atoms with Crippen LogP contribution in [0.4, 0.5) is 5.13 Å². The number of rotatable bonds is 4. The summed E-state index contributed by atoms with van der Waals surface area (Å²) < 4.78 is 4.68. The van der Waals surface area contributed by atoms with E-state index in [0.717, 1.165) is 36.9 Å². The fourth-order valence-electron chi connectivity index (χ4n) is 2.75. The number of amides is 1. The van der Waals surface area contributed by atoms with E-state index >= 15 is 0 Å². The highest BCUT2D eigenvalue weighted by Crippen LogP contribution is 2.28. The predicted octanol–water partition coefficient (Wildman–Crippen LogP) is 3.73. The fourth-order valence-corrected chi connectivity index (χ4v) is 3.48. The van der Waals surface area contributed by atoms with Gasteiger partial charge in [0.15, 0.2) is 5.13 Å². The Morgan fingerprint density at radius 1 is 1.22 bits per heavy atom. The van der Waals surface area contributed by atoms with Gasteiger partial charge in [-0.3, -0.25) is 4.79 Å². The molecule has 1 N–H and O–H groups in total. The lowest BCUT2D eigenvalue weighted by Gasteiger charge is -2.07. The molecule has 1 heterocycles. The second-order valence-electron chi connectivity index (χ2n) is 5.58. The van der Waals surface area contributed by atoms with Crippen LogP contribution in [0.25, 0.3) is 11.3 Å². The molecule has 0 atom stereocenters. The number of carbonyl (C=O) groups excluding carboxylic acids is 2. The zero-order chi connectivity index (χ0) is 16.2. The van der Waals surface area contributed by atoms with Gasteiger partial charge in [-0.15, -0.1) is 11.3 Å². The van der Waals surface area contributed by atoms with Crippen LogP contribution in [0, 0.1) is 5.92 Å². The number of thiazole rings is 1. The number of hydrogen-bond donors (Lipinski definition) is 1. The zero-order valence-electron chi connectivity index (χ0n) is 12.9. The van der Waals surface area contributed by atoms with Gasteiger partial charge in [-0.25, -0.2) is 9.78 Å². The van der Waals surface area contributed by atoms with Crippen LogP contribution >= 0.6 is 11.3 Å². The summed E-state index contributed by atoms with van der Waals surface area (Å²) in [5.41, 5.74) is 2.18. The molecule has 1 aliphatic carbocycles. The average Bonchev–Trinajstić information content (AvgIpc) is 3.26. The molecule has 5 nitrogen and oxygen atoms in total. The van der Waals surface area contributed by atoms with Crippen LogP contribution in [0.1, 0.15) is 36.0 Å². The second kappa shape index (κ2) is 6.91. The first-order valence-electron chi connectivity index (χ1n) is 7.62. The van der Waals surface area contributed by atoms with Crippen LogP contribution in [0.15, 0.2) is 29.6 Å². The van der Waals surface area contributed by atoms with Gasteiger partial charge in [0.05, 0.1) is 18.4 Å². The molecule has 0 saturated heterocycles. The Labute approximate surface area is 138 Å². The van der Waals surface area contributed by atoms with Crippen LogP contribution in [0.5, 0.6) is 0 Å². The monoisotopic (exact) mass is 330 g/mol. The topological polar surface area (TPSA) is 68.3 Å². The summed E-state index contributed by atoms with van der Waals surface area (Å²) in [6.07, 6.45) is 4.21. The normalized spacial score (nSPS) is 14.7. The number of esters is 1. The minimum atomic E-state index is -0.362. The third-order valence-electron chi connectivity index (χ3n) is 4.06. The van der Waals surface area contributed by atoms with Crippen molar-refractivity contribution in [1.29, 1.82) is 0 Å². The molecule has 0 radical (unpaired) electrons. The third-order valence-corrected chi connectivity index (χ3v) is 4.82. The van der Waals surface area contributed by atoms with E-state index in [9.17, 15) is 9.59 Å². The van der Waals surface area contributed by atoms with Gasteiger partial charge in [0.2, 0.25) is 5.91 Å². The van der Waals surface area contributed by atoms with E-state index in [1.807, 2.05) is 17.5 Å². The Hall–Kier alpha value is -2.21. The molecular weight excluding hydrogens is 312 g/mol. The van der Waals surface area contributed by atoms with Crippen LogP contribution in [-0.4, -0.2) is 24.0 Å². The third kappa shape index (κ3) is 3.59. The Morgan fingerprint density at radius 2 is 1.91 bits per heavy atom. The summed E-state index contributed by atoms with van der Waals surface area (Å²) in [6.45, 7) is 0. The lowest BCUT2D eigenvalue weighted by Crippen LogP contribution is -2.20. The molecule has 2 aromatic rings. The van der Waals surface area contributed by atoms with Crippen LogP contribution in [0.2, 0.25) is 0 Å². The van der Waals surface area contributed by atoms with Gasteiger partial charge in [0, 0.05) is 16.9 Å². The van der Waals surface area contributed by atoms with Gasteiger partial charge >= 0.3 is 5.97 Å². The van der Waals surface area contributed by atoms with E-state index in [-0.39, 0.29) is 17.8 Å². The molecule has 23 heavy (non-hydrogen) atoms. The maximum atomic E-state index is 12.1. The van der Waals surface area contributed by atoms with Crippen LogP contribution < -0.4 is 5.32 Å². The maximum absolute atomic E-state index is 12.1. The van der Waals surface area contributed by atoms with E-state index in [2.05, 4.69) is 15.0 Å². The molecule has 0 aliphatic heterocycles. The lowest BCUT2D eigenvalue weighted by atomic mass is 10.1. The number of ether oxygens (including phenoxy) is 1. The predicted molar refractivity (Wildman–Crippen MR) is 89.5 cm³/mol. The van der Waals surface area contributed by atoms with Gasteiger partial charge in [-0.2, -0.15) is 0 Å². The van der Waals surface area contributed by atoms with Gasteiger partial charge < -0.3 is 10.1 Å². The summed E-state index contributed by atoms with van der Waals surface area (Å²) in [7, 11) is 1.36. The van der Waals surface area contributed by atoms with Gasteiger partial charge in [-0.1, -0.05) is 25.0 Å². The fraction of sp³-hybridized carbons (Fsp3) is 0.353. The Bertz CT molecular complexity index is 703. The molecule has 120 valence electrons. The van der Waals surface area contributed by atoms with Crippen molar-refractivity contribution in [2.24, 2.45) is 5.92 Å². The van der Waals surface area contributed by atoms with E-state index < -0.39 is 0 Å². The minimum absolute atomic E-state index is 0.0736. The van der Waals surface area contributed by atoms with Gasteiger partial charge in [-0.05, 0) is 25.0 Å². The summed E-state index contributed by atoms with van der Waals surface area (Å²) in [6, 6.07) is 7.06. The summed E-state index contributed by atoms with van der Waals surface area (Å²) >= 11 is 1.41. The molecule has 1 fully saturated rings. The van der Waals surface area contributed by atoms with E-state index in [0.29, 0.717) is 10.7 Å². The first-order valence-corrected chi connectivity index (χ1v) is 8.50. The molecule has 6 heteroatoms. The first-order chi connectivity index (χ1) is 11.2. The van der Waals surface area contributed by atoms with Crippen molar-refractivity contribution in [3.05, 3.63) is 35.2 Å². The van der Waals surface area contributed by atoms with Crippen molar-refractivity contribution < 1.29 is 14.3 Å². The van der Waals surface area contributed by atoms with Crippen molar-refractivity contribution in [2.75, 3.05) is 12.4 Å². The largest absolute Gasteiger partial charge is 0.465 e. The molecule has 0 unspecified atom stereocenters. The maximum Gasteiger partial charge on any atom is 0.337 e. The van der Waals surface area contributed by atoms with Crippen molar-refractivity contribution in [3.8, 4) is 11.3 Å². The zero-order valence-corrected chi connectivity index (χ0v) is 13.7. The lowest BCUT2D eigenvalue weighted by molar-refractivity contribution is -0.119. The minimum Gasteiger partial charge on any atom is -0.465 e. The molecule has 1 amide bonds. The molecule has 1 aromatic heterocycles. The van der Waals surface area contributed by atoms with E-state index in [4.69, 9.17) is 0 Å². The van der Waals surface area contributed by atoms with Gasteiger partial charge in [0.1, 0.15) is 0 Å². The number of carbonyl (C=O) groups is 2. The number of anilines is 1. The number of aromatic nitrogens is 1. The number of benzene rings is 1. The highest BCUT2D eigenvalue weighted by atomic mass is 32.1. The number of nitrogens with zero attached hydrogens (tertiary/aromatic N) is 1. The van der Waals surface area contributed by atoms with Gasteiger partial charge in [0.25, 0.3) is 0 Å².